The number of H-pyrrole nitrogens is 1. The summed E-state index contributed by atoms with van der Waals surface area (Å²) in [6.07, 6.45) is -1.83. The van der Waals surface area contributed by atoms with Crippen molar-refractivity contribution in [3.63, 3.8) is 0 Å². The number of halogens is 3. The third-order valence-corrected chi connectivity index (χ3v) is 4.35. The summed E-state index contributed by atoms with van der Waals surface area (Å²) in [5, 5.41) is 19.5. The fourth-order valence-electron chi connectivity index (χ4n) is 2.97. The molecule has 0 aliphatic heterocycles. The number of aromatic amines is 1. The number of alkyl halides is 3. The van der Waals surface area contributed by atoms with Crippen LogP contribution in [0.4, 0.5) is 23.8 Å². The highest BCUT2D eigenvalue weighted by Crippen LogP contribution is 2.29. The molecule has 32 heavy (non-hydrogen) atoms. The van der Waals surface area contributed by atoms with Crippen molar-refractivity contribution < 1.29 is 27.8 Å². The number of fused-ring (bicyclic) bond motifs is 1. The van der Waals surface area contributed by atoms with Gasteiger partial charge in [0.05, 0.1) is 12.6 Å². The second-order valence-electron chi connectivity index (χ2n) is 6.83. The molecule has 1 amide bonds. The number of amides is 1. The van der Waals surface area contributed by atoms with Crippen molar-refractivity contribution in [1.82, 2.24) is 24.7 Å². The molecule has 0 aliphatic carbocycles. The molecule has 0 saturated carbocycles. The first-order valence-corrected chi connectivity index (χ1v) is 9.22. The van der Waals surface area contributed by atoms with Crippen molar-refractivity contribution in [2.24, 2.45) is 0 Å². The standard InChI is InChI=1S/C19H16F3N7O3/c1-28(31)9-12-7-17(24-10-23-12)32-13-2-3-14-11(6-13)4-5-29(14)18(30)25-16-8-15(26-27-16)19(20,21)22/h2-8,10,28H,9H2,1H3,(H2,25,26,27,30). The second kappa shape index (κ2) is 8.28. The van der Waals surface area contributed by atoms with Gasteiger partial charge in [0.2, 0.25) is 5.88 Å². The highest BCUT2D eigenvalue weighted by Gasteiger charge is 2.33. The van der Waals surface area contributed by atoms with Crippen molar-refractivity contribution in [2.45, 2.75) is 12.7 Å². The zero-order valence-corrected chi connectivity index (χ0v) is 16.5. The number of anilines is 1. The molecule has 10 nitrogen and oxygen atoms in total. The maximum atomic E-state index is 12.7. The van der Waals surface area contributed by atoms with E-state index >= 15 is 0 Å². The van der Waals surface area contributed by atoms with Crippen LogP contribution in [0.25, 0.3) is 10.9 Å². The maximum Gasteiger partial charge on any atom is 0.432 e. The summed E-state index contributed by atoms with van der Waals surface area (Å²) in [6.45, 7) is 0.163. The Balaban J connectivity index is 1.50. The predicted molar refractivity (Wildman–Crippen MR) is 106 cm³/mol. The van der Waals surface area contributed by atoms with Crippen LogP contribution in [0.1, 0.15) is 11.4 Å². The highest BCUT2D eigenvalue weighted by atomic mass is 19.4. The summed E-state index contributed by atoms with van der Waals surface area (Å²) in [7, 11) is 1.46. The molecule has 13 heteroatoms. The quantitative estimate of drug-likeness (QED) is 0.404. The molecule has 3 N–H and O–H groups in total. The number of hydroxylamine groups is 2. The van der Waals surface area contributed by atoms with Crippen LogP contribution in [0.5, 0.6) is 11.6 Å². The number of benzene rings is 1. The van der Waals surface area contributed by atoms with Crippen LogP contribution in [-0.2, 0) is 12.7 Å². The van der Waals surface area contributed by atoms with Crippen molar-refractivity contribution in [2.75, 3.05) is 12.4 Å². The Hall–Kier alpha value is -3.97. The number of aromatic nitrogens is 5. The molecule has 0 saturated heterocycles. The third-order valence-electron chi connectivity index (χ3n) is 4.35. The van der Waals surface area contributed by atoms with Gasteiger partial charge in [0, 0.05) is 23.7 Å². The fourth-order valence-corrected chi connectivity index (χ4v) is 2.97. The SMILES string of the molecule is C[NH+]([O-])Cc1cc(Oc2ccc3c(ccn3C(=O)Nc3cc(C(F)(F)F)[nH]n3)c2)ncn1. The van der Waals surface area contributed by atoms with Crippen LogP contribution in [-0.4, -0.2) is 37.8 Å². The first-order chi connectivity index (χ1) is 15.2. The lowest BCUT2D eigenvalue weighted by Crippen LogP contribution is -3.02. The Morgan fingerprint density at radius 3 is 2.78 bits per heavy atom. The minimum Gasteiger partial charge on any atom is -0.634 e. The zero-order chi connectivity index (χ0) is 22.9. The number of carbonyl (C=O) groups excluding carboxylic acids is 1. The van der Waals surface area contributed by atoms with Crippen LogP contribution in [0, 0.1) is 5.21 Å². The van der Waals surface area contributed by atoms with Gasteiger partial charge in [-0.25, -0.2) is 14.8 Å². The highest BCUT2D eigenvalue weighted by molar-refractivity contribution is 5.98. The van der Waals surface area contributed by atoms with E-state index in [0.717, 1.165) is 0 Å². The number of nitrogens with zero attached hydrogens (tertiary/aromatic N) is 4. The van der Waals surface area contributed by atoms with Gasteiger partial charge in [0.15, 0.2) is 5.82 Å². The first-order valence-electron chi connectivity index (χ1n) is 9.22. The number of ether oxygens (including phenoxy) is 1. The van der Waals surface area contributed by atoms with Gasteiger partial charge in [-0.3, -0.25) is 15.0 Å². The molecule has 0 bridgehead atoms. The average Bonchev–Trinajstić information content (AvgIpc) is 3.34. The molecular weight excluding hydrogens is 431 g/mol. The van der Waals surface area contributed by atoms with E-state index < -0.39 is 17.9 Å². The van der Waals surface area contributed by atoms with E-state index in [1.807, 2.05) is 5.10 Å². The molecule has 1 atom stereocenters. The molecule has 4 aromatic rings. The molecule has 0 spiro atoms. The lowest BCUT2D eigenvalue weighted by Gasteiger charge is -2.15. The second-order valence-corrected chi connectivity index (χ2v) is 6.83. The summed E-state index contributed by atoms with van der Waals surface area (Å²) in [5.41, 5.74) is -0.0389. The molecule has 3 heterocycles. The Labute approximate surface area is 178 Å². The third kappa shape index (κ3) is 4.68. The Bertz CT molecular complexity index is 1270. The van der Waals surface area contributed by atoms with E-state index in [1.165, 1.54) is 24.1 Å². The number of carbonyl (C=O) groups is 1. The van der Waals surface area contributed by atoms with Crippen molar-refractivity contribution >= 4 is 22.8 Å². The molecule has 1 unspecified atom stereocenters. The molecule has 1 aromatic carbocycles. The van der Waals surface area contributed by atoms with E-state index in [1.54, 1.807) is 30.3 Å². The molecule has 0 fully saturated rings. The van der Waals surface area contributed by atoms with Crippen LogP contribution < -0.4 is 15.1 Å². The lowest BCUT2D eigenvalue weighted by molar-refractivity contribution is -0.841. The normalized spacial score (nSPS) is 12.7. The number of hydrogen-bond donors (Lipinski definition) is 3. The van der Waals surface area contributed by atoms with E-state index in [0.29, 0.717) is 28.4 Å². The Morgan fingerprint density at radius 2 is 2.06 bits per heavy atom. The molecule has 0 radical (unpaired) electrons. The number of quaternary nitrogens is 1. The Morgan fingerprint density at radius 1 is 1.25 bits per heavy atom. The number of nitrogens with one attached hydrogen (secondary N) is 3. The number of rotatable bonds is 5. The zero-order valence-electron chi connectivity index (χ0n) is 16.5. The van der Waals surface area contributed by atoms with Crippen LogP contribution >= 0.6 is 0 Å². The van der Waals surface area contributed by atoms with E-state index in [4.69, 9.17) is 4.74 Å². The van der Waals surface area contributed by atoms with Crippen LogP contribution in [0.3, 0.4) is 0 Å². The smallest absolute Gasteiger partial charge is 0.432 e. The van der Waals surface area contributed by atoms with E-state index in [2.05, 4.69) is 20.4 Å². The average molecular weight is 447 g/mol. The monoisotopic (exact) mass is 447 g/mol. The van der Waals surface area contributed by atoms with Gasteiger partial charge in [-0.2, -0.15) is 18.3 Å². The van der Waals surface area contributed by atoms with Gasteiger partial charge in [-0.05, 0) is 24.3 Å². The molecular formula is C19H16F3N7O3. The lowest BCUT2D eigenvalue weighted by atomic mass is 10.2. The van der Waals surface area contributed by atoms with Gasteiger partial charge in [0.1, 0.15) is 30.0 Å². The Kier molecular flexibility index (Phi) is 5.50. The van der Waals surface area contributed by atoms with Crippen molar-refractivity contribution in [3.8, 4) is 11.6 Å². The minimum absolute atomic E-state index is 0.0415. The van der Waals surface area contributed by atoms with E-state index in [-0.39, 0.29) is 23.3 Å². The van der Waals surface area contributed by atoms with Gasteiger partial charge in [0.25, 0.3) is 0 Å². The number of hydrogen-bond acceptors (Lipinski definition) is 6. The molecule has 3 aromatic heterocycles. The minimum atomic E-state index is -4.59. The molecule has 166 valence electrons. The summed E-state index contributed by atoms with van der Waals surface area (Å²) in [6, 6.07) is 8.12. The van der Waals surface area contributed by atoms with Crippen LogP contribution in [0.2, 0.25) is 0 Å². The molecule has 4 rings (SSSR count). The summed E-state index contributed by atoms with van der Waals surface area (Å²) >= 11 is 0. The maximum absolute atomic E-state index is 12.7. The van der Waals surface area contributed by atoms with Crippen LogP contribution in [0.15, 0.2) is 48.9 Å². The summed E-state index contributed by atoms with van der Waals surface area (Å²) in [4.78, 5) is 20.5. The largest absolute Gasteiger partial charge is 0.634 e. The summed E-state index contributed by atoms with van der Waals surface area (Å²) < 4.78 is 45.0. The summed E-state index contributed by atoms with van der Waals surface area (Å²) in [5.74, 6) is 0.436. The first kappa shape index (κ1) is 21.3. The van der Waals surface area contributed by atoms with Gasteiger partial charge < -0.3 is 15.0 Å². The predicted octanol–water partition coefficient (Wildman–Crippen LogP) is 2.56. The fraction of sp³-hybridized carbons (Fsp3) is 0.158. The van der Waals surface area contributed by atoms with Gasteiger partial charge in [-0.1, -0.05) is 0 Å². The molecule has 0 aliphatic rings. The topological polar surface area (TPSA) is 125 Å². The van der Waals surface area contributed by atoms with Crippen molar-refractivity contribution in [1.29, 1.82) is 0 Å². The van der Waals surface area contributed by atoms with Crippen molar-refractivity contribution in [3.05, 3.63) is 65.5 Å². The van der Waals surface area contributed by atoms with E-state index in [9.17, 15) is 23.2 Å². The van der Waals surface area contributed by atoms with Gasteiger partial charge in [-0.15, -0.1) is 0 Å². The van der Waals surface area contributed by atoms with Gasteiger partial charge >= 0.3 is 12.2 Å².